The van der Waals surface area contributed by atoms with Gasteiger partial charge < -0.3 is 34.2 Å². The molecule has 0 saturated heterocycles. The van der Waals surface area contributed by atoms with Crippen molar-refractivity contribution in [1.82, 2.24) is 0 Å². The molecule has 0 amide bonds. The highest BCUT2D eigenvalue weighted by molar-refractivity contribution is 7.47. The molecule has 0 aromatic rings. The number of unbranched alkanes of at least 4 members (excludes halogenated alkanes) is 49. The Hall–Kier alpha value is -5.35. The summed E-state index contributed by atoms with van der Waals surface area (Å²) in [5.41, 5.74) is 0. The highest BCUT2D eigenvalue weighted by atomic mass is 31.2. The summed E-state index contributed by atoms with van der Waals surface area (Å²) in [5.74, 6) is -1.55. The fourth-order valence-electron chi connectivity index (χ4n) is 15.1. The molecule has 0 fully saturated rings. The van der Waals surface area contributed by atoms with E-state index >= 15 is 0 Å². The smallest absolute Gasteiger partial charge is 0.463 e. The molecule has 5 atom stereocenters. The second kappa shape index (κ2) is 106. The van der Waals surface area contributed by atoms with Crippen LogP contribution in [0.3, 0.4) is 0 Å². The number of rotatable bonds is 102. The topological polar surface area (TPSA) is 231 Å². The Morgan fingerprint density at radius 2 is 0.376 bits per heavy atom. The molecule has 0 rings (SSSR count). The van der Waals surface area contributed by atoms with Crippen LogP contribution >= 0.6 is 15.6 Å². The van der Waals surface area contributed by atoms with Gasteiger partial charge in [0.1, 0.15) is 25.4 Å². The molecule has 5 unspecified atom stereocenters. The third-order valence-electron chi connectivity index (χ3n) is 23.1. The van der Waals surface area contributed by atoms with Crippen LogP contribution < -0.4 is 0 Å². The van der Waals surface area contributed by atoms with Crippen LogP contribution in [0.4, 0.5) is 0 Å². The van der Waals surface area contributed by atoms with Crippen molar-refractivity contribution in [1.29, 1.82) is 0 Å². The average molecular weight is 1900 g/mol. The summed E-state index contributed by atoms with van der Waals surface area (Å²) < 4.78 is 61.8. The van der Waals surface area contributed by atoms with Gasteiger partial charge in [0.25, 0.3) is 0 Å². The van der Waals surface area contributed by atoms with Crippen molar-refractivity contribution in [3.8, 4) is 0 Å². The lowest BCUT2D eigenvalue weighted by Gasteiger charge is -2.21. The summed E-state index contributed by atoms with van der Waals surface area (Å²) in [6.45, 7) is 2.43. The number of phosphoric acid groups is 2. The van der Waals surface area contributed by atoms with Gasteiger partial charge in [-0.15, -0.1) is 0 Å². The summed E-state index contributed by atoms with van der Waals surface area (Å²) in [5, 5.41) is 20.8. The molecule has 0 bridgehead atoms. The first-order valence-electron chi connectivity index (χ1n) is 54.1. The fourth-order valence-corrected chi connectivity index (χ4v) is 16.7. The molecular formula is C115H198O16P2. The van der Waals surface area contributed by atoms with Crippen LogP contribution in [0.15, 0.2) is 182 Å². The van der Waals surface area contributed by atoms with Crippen LogP contribution in [0.2, 0.25) is 0 Å². The third-order valence-corrected chi connectivity index (χ3v) is 25.0. The maximum atomic E-state index is 13.2. The summed E-state index contributed by atoms with van der Waals surface area (Å²) in [4.78, 5) is 59.3. The molecule has 0 aliphatic carbocycles. The Morgan fingerprint density at radius 3 is 0.594 bits per heavy atom. The number of ether oxygens (including phenoxy) is 3. The second-order valence-corrected chi connectivity index (χ2v) is 38.9. The van der Waals surface area contributed by atoms with Crippen LogP contribution in [0.25, 0.3) is 0 Å². The standard InChI is InChI=1S/C115H198O16P2/c1-4-7-10-13-16-19-22-25-28-31-34-37-40-43-46-49-51-53-54-56-58-60-62-65-68-71-74-77-80-83-86-89-92-95-98-101-113(118)125-104-110(116)105-127-132(121,122)128-106-111(117)107-129-133(123,124)130-109-112(131-115(120)103-100-97-94-91-88-85-82-79-76-73-70-67-64-59-48-45-42-39-36-33-30-27-24-21-18-15-12-9-6-3)108-126-114(119)102-99-96-93-90-87-84-81-78-75-72-69-66-63-61-57-55-52-50-47-44-41-38-35-32-29-26-23-20-17-14-11-8-5-2/h7-12,16-21,25-30,34-39,43-48,110-112,116-117H,4-6,13-15,22-24,31-33,40-42,49-109H2,1-3H3,(H,121,122)(H,123,124)/b10-7-,11-8-,12-9-,19-16-,20-17-,21-18-,28-25-,29-26-,30-27-,37-34-,38-35-,39-36-,46-43-,47-44-,48-45-. The predicted molar refractivity (Wildman–Crippen MR) is 565 cm³/mol. The van der Waals surface area contributed by atoms with Gasteiger partial charge in [0.05, 0.1) is 26.4 Å². The van der Waals surface area contributed by atoms with E-state index in [9.17, 15) is 43.5 Å². The first-order valence-corrected chi connectivity index (χ1v) is 57.1. The maximum Gasteiger partial charge on any atom is 0.472 e. The fraction of sp³-hybridized carbons (Fsp3) is 0.713. The van der Waals surface area contributed by atoms with Gasteiger partial charge in [0, 0.05) is 19.3 Å². The highest BCUT2D eigenvalue weighted by Crippen LogP contribution is 2.45. The lowest BCUT2D eigenvalue weighted by Crippen LogP contribution is -2.30. The number of hydrogen-bond donors (Lipinski definition) is 4. The highest BCUT2D eigenvalue weighted by Gasteiger charge is 2.30. The molecule has 0 spiro atoms. The maximum absolute atomic E-state index is 13.2. The zero-order valence-corrected chi connectivity index (χ0v) is 86.7. The Labute approximate surface area is 815 Å². The number of allylic oxidation sites excluding steroid dienone is 30. The largest absolute Gasteiger partial charge is 0.472 e. The van der Waals surface area contributed by atoms with Crippen molar-refractivity contribution in [2.75, 3.05) is 39.6 Å². The molecule has 4 N–H and O–H groups in total. The zero-order chi connectivity index (χ0) is 96.4. The van der Waals surface area contributed by atoms with E-state index in [0.29, 0.717) is 19.3 Å². The van der Waals surface area contributed by atoms with E-state index in [-0.39, 0.29) is 19.3 Å². The van der Waals surface area contributed by atoms with Gasteiger partial charge in [-0.1, -0.05) is 479 Å². The first-order chi connectivity index (χ1) is 65.2. The molecule has 0 aliphatic rings. The lowest BCUT2D eigenvalue weighted by molar-refractivity contribution is -0.161. The van der Waals surface area contributed by atoms with Crippen molar-refractivity contribution < 1.29 is 75.8 Å². The van der Waals surface area contributed by atoms with Gasteiger partial charge in [0.15, 0.2) is 6.10 Å². The van der Waals surface area contributed by atoms with E-state index in [1.54, 1.807) is 0 Å². The van der Waals surface area contributed by atoms with E-state index in [1.807, 2.05) is 0 Å². The quantitative estimate of drug-likeness (QED) is 0.0146. The van der Waals surface area contributed by atoms with Gasteiger partial charge in [-0.05, 0) is 154 Å². The number of carbonyl (C=O) groups is 3. The molecule has 18 heteroatoms. The summed E-state index contributed by atoms with van der Waals surface area (Å²) >= 11 is 0. The lowest BCUT2D eigenvalue weighted by atomic mass is 10.0. The Bertz CT molecular complexity index is 3150. The predicted octanol–water partition coefficient (Wildman–Crippen LogP) is 34.7. The number of aliphatic hydroxyl groups is 2. The Balaban J connectivity index is 4.58. The molecule has 0 radical (unpaired) electrons. The minimum atomic E-state index is -4.95. The minimum absolute atomic E-state index is 0.101. The molecule has 0 aliphatic heterocycles. The third kappa shape index (κ3) is 107. The summed E-state index contributed by atoms with van der Waals surface area (Å²) in [6.07, 6.45) is 141. The van der Waals surface area contributed by atoms with E-state index in [2.05, 4.69) is 203 Å². The van der Waals surface area contributed by atoms with Gasteiger partial charge in [-0.3, -0.25) is 32.5 Å². The van der Waals surface area contributed by atoms with Gasteiger partial charge in [-0.25, -0.2) is 9.13 Å². The van der Waals surface area contributed by atoms with Crippen molar-refractivity contribution in [2.45, 2.75) is 489 Å². The monoisotopic (exact) mass is 1900 g/mol. The molecule has 0 aromatic heterocycles. The van der Waals surface area contributed by atoms with Crippen molar-refractivity contribution in [3.63, 3.8) is 0 Å². The summed E-state index contributed by atoms with van der Waals surface area (Å²) in [6, 6.07) is 0. The Kier molecular flexibility index (Phi) is 101. The minimum Gasteiger partial charge on any atom is -0.463 e. The van der Waals surface area contributed by atoms with Gasteiger partial charge in [-0.2, -0.15) is 0 Å². The van der Waals surface area contributed by atoms with Gasteiger partial charge >= 0.3 is 33.6 Å². The van der Waals surface area contributed by atoms with E-state index in [0.717, 1.165) is 167 Å². The molecule has 0 aromatic carbocycles. The van der Waals surface area contributed by atoms with Crippen LogP contribution in [0, 0.1) is 0 Å². The van der Waals surface area contributed by atoms with E-state index in [4.69, 9.17) is 32.3 Å². The van der Waals surface area contributed by atoms with Crippen molar-refractivity contribution >= 4 is 33.6 Å². The second-order valence-electron chi connectivity index (χ2n) is 36.0. The number of carbonyl (C=O) groups excluding carboxylic acids is 3. The van der Waals surface area contributed by atoms with Crippen molar-refractivity contribution in [2.24, 2.45) is 0 Å². The molecule has 16 nitrogen and oxygen atoms in total. The van der Waals surface area contributed by atoms with Crippen LogP contribution in [-0.2, 0) is 55.8 Å². The average Bonchev–Trinajstić information content (AvgIpc) is 0.896. The van der Waals surface area contributed by atoms with Crippen LogP contribution in [-0.4, -0.2) is 95.9 Å². The van der Waals surface area contributed by atoms with Crippen molar-refractivity contribution in [3.05, 3.63) is 182 Å². The normalized spacial score (nSPS) is 14.3. The SMILES string of the molecule is CC/C=C\C/C=C\C/C=C\C/C=C\C/C=C\CCCCCCCCCCCCCCCCCCCCCC(=O)OCC(O)COP(=O)(O)OCC(O)COP(=O)(O)OCC(COC(=O)CCCCCCCCCCCCCCCCCCC/C=C\C/C=C\C/C=C\C/C=C\C/C=C\CC)OC(=O)CCCCCCCCCCCCCCC/C=C\C/C=C\C/C=C\C/C=C\C/C=C\CC. The molecule has 133 heavy (non-hydrogen) atoms. The van der Waals surface area contributed by atoms with E-state index < -0.39 is 91.5 Å². The molecular weight excluding hydrogens is 1700 g/mol. The van der Waals surface area contributed by atoms with Crippen LogP contribution in [0.5, 0.6) is 0 Å². The molecule has 764 valence electrons. The Morgan fingerprint density at radius 1 is 0.211 bits per heavy atom. The molecule has 0 heterocycles. The number of phosphoric ester groups is 2. The van der Waals surface area contributed by atoms with Gasteiger partial charge in [0.2, 0.25) is 0 Å². The number of hydrogen-bond acceptors (Lipinski definition) is 14. The van der Waals surface area contributed by atoms with Crippen LogP contribution in [0.1, 0.15) is 470 Å². The molecule has 0 saturated carbocycles. The first kappa shape index (κ1) is 128. The zero-order valence-electron chi connectivity index (χ0n) is 84.9. The number of aliphatic hydroxyl groups excluding tert-OH is 2. The number of esters is 3. The van der Waals surface area contributed by atoms with E-state index in [1.165, 1.54) is 244 Å². The summed E-state index contributed by atoms with van der Waals surface area (Å²) in [7, 11) is -9.82.